The van der Waals surface area contributed by atoms with Crippen LogP contribution in [0.2, 0.25) is 0 Å². The van der Waals surface area contributed by atoms with Crippen molar-refractivity contribution in [1.29, 1.82) is 0 Å². The Balaban J connectivity index is 2.61. The van der Waals surface area contributed by atoms with Crippen molar-refractivity contribution in [3.05, 3.63) is 0 Å². The molecule has 1 aliphatic rings. The third-order valence-electron chi connectivity index (χ3n) is 3.84. The first-order valence-electron chi connectivity index (χ1n) is 5.81. The smallest absolute Gasteiger partial charge is 0.309 e. The summed E-state index contributed by atoms with van der Waals surface area (Å²) >= 11 is 0. The fraction of sp³-hybridized carbons (Fsp3) is 0.769. The standard InChI is InChI=1S/C13H20O2/c1-3-5-8-13(12(14)15)9-6-11(4-2)7-10-13/h1,11H,4-10H2,2H3,(H,14,15). The number of hydrogen-bond donors (Lipinski definition) is 1. The third-order valence-corrected chi connectivity index (χ3v) is 3.84. The van der Waals surface area contributed by atoms with Crippen molar-refractivity contribution in [2.24, 2.45) is 11.3 Å². The predicted molar refractivity (Wildman–Crippen MR) is 60.4 cm³/mol. The van der Waals surface area contributed by atoms with E-state index in [1.54, 1.807) is 0 Å². The Hall–Kier alpha value is -0.970. The minimum absolute atomic E-state index is 0.516. The van der Waals surface area contributed by atoms with Gasteiger partial charge in [0.25, 0.3) is 0 Å². The highest BCUT2D eigenvalue weighted by molar-refractivity contribution is 5.74. The molecule has 1 rings (SSSR count). The van der Waals surface area contributed by atoms with Gasteiger partial charge in [-0.3, -0.25) is 4.79 Å². The second-order valence-corrected chi connectivity index (χ2v) is 4.64. The molecule has 0 atom stereocenters. The van der Waals surface area contributed by atoms with Gasteiger partial charge in [0, 0.05) is 6.42 Å². The molecule has 0 aromatic carbocycles. The van der Waals surface area contributed by atoms with Gasteiger partial charge in [0.1, 0.15) is 0 Å². The van der Waals surface area contributed by atoms with Gasteiger partial charge in [0.2, 0.25) is 0 Å². The Labute approximate surface area is 92.1 Å². The molecular weight excluding hydrogens is 188 g/mol. The number of aliphatic carboxylic acids is 1. The van der Waals surface area contributed by atoms with E-state index in [-0.39, 0.29) is 0 Å². The SMILES string of the molecule is C#CCCC1(C(=O)O)CCC(CC)CC1. The van der Waals surface area contributed by atoms with Gasteiger partial charge >= 0.3 is 5.97 Å². The van der Waals surface area contributed by atoms with Crippen LogP contribution in [0.3, 0.4) is 0 Å². The summed E-state index contributed by atoms with van der Waals surface area (Å²) in [6, 6.07) is 0. The Morgan fingerprint density at radius 3 is 2.53 bits per heavy atom. The number of terminal acetylenes is 1. The summed E-state index contributed by atoms with van der Waals surface area (Å²) < 4.78 is 0. The van der Waals surface area contributed by atoms with Crippen LogP contribution in [-0.2, 0) is 4.79 Å². The van der Waals surface area contributed by atoms with Gasteiger partial charge in [-0.1, -0.05) is 13.3 Å². The minimum atomic E-state index is -0.646. The lowest BCUT2D eigenvalue weighted by Gasteiger charge is -2.36. The summed E-state index contributed by atoms with van der Waals surface area (Å²) in [5.74, 6) is 2.64. The van der Waals surface area contributed by atoms with E-state index in [9.17, 15) is 9.90 Å². The van der Waals surface area contributed by atoms with E-state index < -0.39 is 11.4 Å². The van der Waals surface area contributed by atoms with Crippen LogP contribution in [0.1, 0.15) is 51.9 Å². The molecular formula is C13H20O2. The van der Waals surface area contributed by atoms with Gasteiger partial charge in [-0.2, -0.15) is 0 Å². The molecule has 84 valence electrons. The number of carbonyl (C=O) groups is 1. The maximum Gasteiger partial charge on any atom is 0.309 e. The van der Waals surface area contributed by atoms with Crippen LogP contribution >= 0.6 is 0 Å². The summed E-state index contributed by atoms with van der Waals surface area (Å²) in [6.07, 6.45) is 11.3. The molecule has 2 heteroatoms. The number of carboxylic acid groups (broad SMARTS) is 1. The van der Waals surface area contributed by atoms with Gasteiger partial charge < -0.3 is 5.11 Å². The summed E-state index contributed by atoms with van der Waals surface area (Å²) in [5, 5.41) is 9.31. The van der Waals surface area contributed by atoms with E-state index in [1.165, 1.54) is 6.42 Å². The fourth-order valence-corrected chi connectivity index (χ4v) is 2.52. The van der Waals surface area contributed by atoms with Crippen molar-refractivity contribution in [2.75, 3.05) is 0 Å². The first-order valence-corrected chi connectivity index (χ1v) is 5.81. The second kappa shape index (κ2) is 5.21. The van der Waals surface area contributed by atoms with Crippen molar-refractivity contribution in [3.8, 4) is 12.3 Å². The highest BCUT2D eigenvalue weighted by Crippen LogP contribution is 2.43. The van der Waals surface area contributed by atoms with Crippen molar-refractivity contribution < 1.29 is 9.90 Å². The van der Waals surface area contributed by atoms with Crippen LogP contribution in [0.5, 0.6) is 0 Å². The van der Waals surface area contributed by atoms with E-state index in [4.69, 9.17) is 6.42 Å². The molecule has 0 aliphatic heterocycles. The zero-order valence-corrected chi connectivity index (χ0v) is 9.46. The molecule has 0 aromatic rings. The van der Waals surface area contributed by atoms with E-state index in [2.05, 4.69) is 12.8 Å². The average Bonchev–Trinajstić information content (AvgIpc) is 2.27. The van der Waals surface area contributed by atoms with E-state index in [1.807, 2.05) is 0 Å². The first-order chi connectivity index (χ1) is 7.14. The molecule has 0 bridgehead atoms. The highest BCUT2D eigenvalue weighted by Gasteiger charge is 2.40. The molecule has 0 radical (unpaired) electrons. The van der Waals surface area contributed by atoms with Crippen molar-refractivity contribution in [1.82, 2.24) is 0 Å². The van der Waals surface area contributed by atoms with Gasteiger partial charge in [-0.25, -0.2) is 0 Å². The molecule has 0 unspecified atom stereocenters. The van der Waals surface area contributed by atoms with Crippen LogP contribution in [-0.4, -0.2) is 11.1 Å². The molecule has 0 amide bonds. The van der Waals surface area contributed by atoms with Crippen molar-refractivity contribution in [2.45, 2.75) is 51.9 Å². The topological polar surface area (TPSA) is 37.3 Å². The molecule has 0 aromatic heterocycles. The van der Waals surface area contributed by atoms with Crippen LogP contribution in [0, 0.1) is 23.7 Å². The van der Waals surface area contributed by atoms with Crippen LogP contribution in [0.25, 0.3) is 0 Å². The van der Waals surface area contributed by atoms with Crippen LogP contribution in [0.4, 0.5) is 0 Å². The van der Waals surface area contributed by atoms with Gasteiger partial charge in [-0.05, 0) is 38.0 Å². The molecule has 1 N–H and O–H groups in total. The molecule has 15 heavy (non-hydrogen) atoms. The normalized spacial score (nSPS) is 30.8. The highest BCUT2D eigenvalue weighted by atomic mass is 16.4. The van der Waals surface area contributed by atoms with Gasteiger partial charge in [0.05, 0.1) is 5.41 Å². The lowest BCUT2D eigenvalue weighted by molar-refractivity contribution is -0.152. The molecule has 0 heterocycles. The molecule has 0 saturated heterocycles. The first kappa shape index (κ1) is 12.1. The van der Waals surface area contributed by atoms with E-state index in [0.29, 0.717) is 12.8 Å². The number of rotatable bonds is 4. The summed E-state index contributed by atoms with van der Waals surface area (Å²) in [7, 11) is 0. The Kier molecular flexibility index (Phi) is 4.20. The van der Waals surface area contributed by atoms with Gasteiger partial charge in [0.15, 0.2) is 0 Å². The quantitative estimate of drug-likeness (QED) is 0.721. The monoisotopic (exact) mass is 208 g/mol. The van der Waals surface area contributed by atoms with E-state index in [0.717, 1.165) is 31.6 Å². The van der Waals surface area contributed by atoms with Crippen molar-refractivity contribution >= 4 is 5.97 Å². The second-order valence-electron chi connectivity index (χ2n) is 4.64. The number of hydrogen-bond acceptors (Lipinski definition) is 1. The molecule has 2 nitrogen and oxygen atoms in total. The molecule has 0 spiro atoms. The Bertz CT molecular complexity index is 254. The summed E-state index contributed by atoms with van der Waals surface area (Å²) in [6.45, 7) is 2.18. The maximum absolute atomic E-state index is 11.3. The summed E-state index contributed by atoms with van der Waals surface area (Å²) in [5.41, 5.74) is -0.516. The molecule has 1 saturated carbocycles. The van der Waals surface area contributed by atoms with E-state index >= 15 is 0 Å². The fourth-order valence-electron chi connectivity index (χ4n) is 2.52. The largest absolute Gasteiger partial charge is 0.481 e. The predicted octanol–water partition coefficient (Wildman–Crippen LogP) is 3.07. The lowest BCUT2D eigenvalue weighted by Crippen LogP contribution is -2.35. The number of carboxylic acids is 1. The maximum atomic E-state index is 11.3. The Morgan fingerprint density at radius 1 is 1.53 bits per heavy atom. The third kappa shape index (κ3) is 2.75. The summed E-state index contributed by atoms with van der Waals surface area (Å²) in [4.78, 5) is 11.3. The van der Waals surface area contributed by atoms with Crippen LogP contribution < -0.4 is 0 Å². The zero-order chi connectivity index (χ0) is 11.3. The van der Waals surface area contributed by atoms with Crippen LogP contribution in [0.15, 0.2) is 0 Å². The van der Waals surface area contributed by atoms with Crippen molar-refractivity contribution in [3.63, 3.8) is 0 Å². The lowest BCUT2D eigenvalue weighted by atomic mass is 9.67. The van der Waals surface area contributed by atoms with Gasteiger partial charge in [-0.15, -0.1) is 12.3 Å². The zero-order valence-electron chi connectivity index (χ0n) is 9.46. The molecule has 1 aliphatic carbocycles. The minimum Gasteiger partial charge on any atom is -0.481 e. The molecule has 1 fully saturated rings. The average molecular weight is 208 g/mol. The Morgan fingerprint density at radius 2 is 2.13 bits per heavy atom.